The molecule has 0 fully saturated rings. The van der Waals surface area contributed by atoms with E-state index in [1.807, 2.05) is 67.8 Å². The van der Waals surface area contributed by atoms with Gasteiger partial charge in [-0.1, -0.05) is 0 Å². The standard InChI is InChI=1S/C27H29I6N5O11/c1-7(41)23(45)36-20-15(29)11(25(47)34-3-9(43)5-39)14(28)12(16(20)30)27(49)38-22-18(32)13(26(48)35-4-10(44)6-40)17(31)21(19(22)33)37-24(46)8(2)42/h7-10,39-44H,3-6H2,1-2H3,(H,34,47)(H,35,48)(H,36,45)(H,37,46)(H,38,49). The van der Waals surface area contributed by atoms with Crippen LogP contribution in [0.1, 0.15) is 44.9 Å². The smallest absolute Gasteiger partial charge is 0.257 e. The minimum atomic E-state index is -1.45. The van der Waals surface area contributed by atoms with Crippen molar-refractivity contribution in [1.82, 2.24) is 10.6 Å². The number of carbonyl (C=O) groups is 5. The van der Waals surface area contributed by atoms with Gasteiger partial charge in [0.1, 0.15) is 12.2 Å². The van der Waals surface area contributed by atoms with Gasteiger partial charge in [-0.2, -0.15) is 0 Å². The maximum absolute atomic E-state index is 14.2. The van der Waals surface area contributed by atoms with Crippen molar-refractivity contribution in [2.45, 2.75) is 38.3 Å². The van der Waals surface area contributed by atoms with Crippen LogP contribution >= 0.6 is 136 Å². The maximum Gasteiger partial charge on any atom is 0.257 e. The molecule has 11 N–H and O–H groups in total. The average Bonchev–Trinajstić information content (AvgIpc) is 3.04. The molecule has 0 radical (unpaired) electrons. The first kappa shape index (κ1) is 45.1. The Hall–Kier alpha value is -0.0700. The van der Waals surface area contributed by atoms with Crippen LogP contribution in [-0.2, 0) is 9.59 Å². The van der Waals surface area contributed by atoms with Crippen LogP contribution in [0.4, 0.5) is 17.1 Å². The van der Waals surface area contributed by atoms with E-state index in [0.717, 1.165) is 0 Å². The van der Waals surface area contributed by atoms with Crippen LogP contribution in [-0.4, -0.2) is 111 Å². The summed E-state index contributed by atoms with van der Waals surface area (Å²) in [5, 5.41) is 70.5. The summed E-state index contributed by atoms with van der Waals surface area (Å²) >= 11 is 10.9. The van der Waals surface area contributed by atoms with E-state index in [1.54, 1.807) is 67.8 Å². The van der Waals surface area contributed by atoms with Crippen LogP contribution in [0.25, 0.3) is 0 Å². The molecule has 2 rings (SSSR count). The third-order valence-electron chi connectivity index (χ3n) is 6.23. The normalized spacial score (nSPS) is 13.5. The number of aliphatic hydroxyl groups excluding tert-OH is 6. The quantitative estimate of drug-likeness (QED) is 0.120. The van der Waals surface area contributed by atoms with Crippen molar-refractivity contribution >= 4 is 182 Å². The lowest BCUT2D eigenvalue weighted by molar-refractivity contribution is -0.123. The summed E-state index contributed by atoms with van der Waals surface area (Å²) in [6, 6.07) is 0. The molecule has 0 saturated heterocycles. The second kappa shape index (κ2) is 20.4. The lowest BCUT2D eigenvalue weighted by Gasteiger charge is -2.23. The van der Waals surface area contributed by atoms with Crippen LogP contribution in [0.3, 0.4) is 0 Å². The number of benzene rings is 2. The molecule has 0 aliphatic carbocycles. The average molecular weight is 1360 g/mol. The molecule has 0 aliphatic rings. The zero-order valence-electron chi connectivity index (χ0n) is 25.1. The minimum absolute atomic E-state index is 0.0117. The Kier molecular flexibility index (Phi) is 18.8. The van der Waals surface area contributed by atoms with Crippen LogP contribution < -0.4 is 26.6 Å². The van der Waals surface area contributed by atoms with Crippen LogP contribution in [0.2, 0.25) is 0 Å². The van der Waals surface area contributed by atoms with Crippen molar-refractivity contribution in [2.24, 2.45) is 0 Å². The van der Waals surface area contributed by atoms with Crippen molar-refractivity contribution in [1.29, 1.82) is 0 Å². The highest BCUT2D eigenvalue weighted by Gasteiger charge is 2.32. The van der Waals surface area contributed by atoms with E-state index >= 15 is 0 Å². The maximum atomic E-state index is 14.2. The highest BCUT2D eigenvalue weighted by molar-refractivity contribution is 14.1. The summed E-state index contributed by atoms with van der Waals surface area (Å²) < 4.78 is 1.22. The number of hydrogen-bond donors (Lipinski definition) is 11. The van der Waals surface area contributed by atoms with Gasteiger partial charge in [0, 0.05) is 16.7 Å². The zero-order valence-corrected chi connectivity index (χ0v) is 38.1. The molecule has 49 heavy (non-hydrogen) atoms. The monoisotopic (exact) mass is 1360 g/mol. The highest BCUT2D eigenvalue weighted by atomic mass is 127. The fourth-order valence-electron chi connectivity index (χ4n) is 3.61. The summed E-state index contributed by atoms with van der Waals surface area (Å²) in [7, 11) is 0. The second-order valence-corrected chi connectivity index (χ2v) is 16.5. The molecule has 0 aromatic heterocycles. The molecule has 2 aromatic carbocycles. The number of halogens is 6. The lowest BCUT2D eigenvalue weighted by atomic mass is 10.1. The Morgan fingerprint density at radius 3 is 1.16 bits per heavy atom. The molecule has 4 unspecified atom stereocenters. The van der Waals surface area contributed by atoms with Crippen molar-refractivity contribution < 1.29 is 54.6 Å². The Labute approximate surface area is 361 Å². The molecule has 0 bridgehead atoms. The Bertz CT molecular complexity index is 1640. The first-order chi connectivity index (χ1) is 22.8. The van der Waals surface area contributed by atoms with Gasteiger partial charge in [0.25, 0.3) is 29.5 Å². The van der Waals surface area contributed by atoms with E-state index < -0.39 is 67.2 Å². The number of rotatable bonds is 14. The van der Waals surface area contributed by atoms with Gasteiger partial charge in [-0.25, -0.2) is 0 Å². The molecule has 0 saturated carbocycles. The molecule has 270 valence electrons. The molecule has 0 spiro atoms. The van der Waals surface area contributed by atoms with Gasteiger partial charge >= 0.3 is 0 Å². The lowest BCUT2D eigenvalue weighted by Crippen LogP contribution is -2.36. The SMILES string of the molecule is CC(O)C(=O)Nc1c(I)c(NC(=O)c2c(I)c(NC(=O)C(C)O)c(I)c(C(=O)NCC(O)CO)c2I)c(I)c(C(=O)NCC(O)CO)c1I. The second-order valence-electron chi connectivity index (χ2n) is 10.0. The first-order valence-electron chi connectivity index (χ1n) is 13.6. The van der Waals surface area contributed by atoms with Crippen molar-refractivity contribution in [2.75, 3.05) is 42.3 Å². The topological polar surface area (TPSA) is 267 Å². The molecule has 0 heterocycles. The molecular formula is C27H29I6N5O11. The summed E-state index contributed by atoms with van der Waals surface area (Å²) in [6.45, 7) is 0.578. The van der Waals surface area contributed by atoms with E-state index in [-0.39, 0.29) is 68.3 Å². The van der Waals surface area contributed by atoms with Crippen LogP contribution in [0, 0.1) is 21.4 Å². The van der Waals surface area contributed by atoms with Gasteiger partial charge in [0.2, 0.25) is 0 Å². The van der Waals surface area contributed by atoms with E-state index in [0.29, 0.717) is 0 Å². The number of anilines is 3. The van der Waals surface area contributed by atoms with Crippen molar-refractivity contribution in [3.63, 3.8) is 0 Å². The third kappa shape index (κ3) is 11.5. The molecular weight excluding hydrogens is 1330 g/mol. The van der Waals surface area contributed by atoms with Gasteiger partial charge in [-0.3, -0.25) is 24.0 Å². The summed E-state index contributed by atoms with van der Waals surface area (Å²) in [5.41, 5.74) is 0.00355. The van der Waals surface area contributed by atoms with E-state index in [2.05, 4.69) is 26.6 Å². The molecule has 16 nitrogen and oxygen atoms in total. The summed E-state index contributed by atoms with van der Waals surface area (Å²) in [6.07, 6.45) is -5.42. The Morgan fingerprint density at radius 1 is 0.510 bits per heavy atom. The number of aliphatic hydroxyl groups is 6. The predicted octanol–water partition coefficient (Wildman–Crippen LogP) is 1.37. The number of hydrogen-bond acceptors (Lipinski definition) is 11. The number of amides is 5. The molecule has 22 heteroatoms. The summed E-state index contributed by atoms with van der Waals surface area (Å²) in [4.78, 5) is 66.1. The molecule has 5 amide bonds. The van der Waals surface area contributed by atoms with Gasteiger partial charge in [-0.15, -0.1) is 0 Å². The van der Waals surface area contributed by atoms with E-state index in [1.165, 1.54) is 13.8 Å². The third-order valence-corrected chi connectivity index (χ3v) is 12.7. The fraction of sp³-hybridized carbons (Fsp3) is 0.370. The van der Waals surface area contributed by atoms with E-state index in [9.17, 15) is 54.6 Å². The molecule has 0 aliphatic heterocycles. The Morgan fingerprint density at radius 2 is 0.816 bits per heavy atom. The van der Waals surface area contributed by atoms with Gasteiger partial charge in [0.05, 0.1) is 77.0 Å². The van der Waals surface area contributed by atoms with Gasteiger partial charge in [-0.05, 0) is 149 Å². The van der Waals surface area contributed by atoms with Crippen LogP contribution in [0.5, 0.6) is 0 Å². The predicted molar refractivity (Wildman–Crippen MR) is 229 cm³/mol. The van der Waals surface area contributed by atoms with Gasteiger partial charge < -0.3 is 57.2 Å². The fourth-order valence-corrected chi connectivity index (χ4v) is 12.2. The first-order valence-corrected chi connectivity index (χ1v) is 20.1. The molecule has 2 aromatic rings. The largest absolute Gasteiger partial charge is 0.394 e. The summed E-state index contributed by atoms with van der Waals surface area (Å²) in [5.74, 6) is -3.91. The van der Waals surface area contributed by atoms with Crippen LogP contribution in [0.15, 0.2) is 0 Å². The van der Waals surface area contributed by atoms with Crippen molar-refractivity contribution in [3.05, 3.63) is 38.1 Å². The van der Waals surface area contributed by atoms with Gasteiger partial charge in [0.15, 0.2) is 0 Å². The van der Waals surface area contributed by atoms with E-state index in [4.69, 9.17) is 0 Å². The van der Waals surface area contributed by atoms with Crippen molar-refractivity contribution in [3.8, 4) is 0 Å². The number of carbonyl (C=O) groups excluding carboxylic acids is 5. The molecule has 4 atom stereocenters. The highest BCUT2D eigenvalue weighted by Crippen LogP contribution is 2.41. The number of nitrogens with one attached hydrogen (secondary N) is 5. The zero-order chi connectivity index (χ0) is 37.5. The Balaban J connectivity index is 2.85. The minimum Gasteiger partial charge on any atom is -0.394 e.